The lowest BCUT2D eigenvalue weighted by Gasteiger charge is -2.26. The molecule has 0 amide bonds. The van der Waals surface area contributed by atoms with Crippen molar-refractivity contribution < 1.29 is 14.3 Å². The average Bonchev–Trinajstić information content (AvgIpc) is 2.54. The first-order valence-electron chi connectivity index (χ1n) is 8.32. The average molecular weight is 441 g/mol. The number of nitrogens with one attached hydrogen (secondary N) is 1. The van der Waals surface area contributed by atoms with Crippen LogP contribution in [-0.2, 0) is 14.3 Å². The molecular formula is C16H32IN3O3. The maximum Gasteiger partial charge on any atom is 0.305 e. The summed E-state index contributed by atoms with van der Waals surface area (Å²) in [7, 11) is 3.85. The minimum atomic E-state index is -0.132. The summed E-state index contributed by atoms with van der Waals surface area (Å²) in [5.41, 5.74) is 0. The summed E-state index contributed by atoms with van der Waals surface area (Å²) in [6.07, 6.45) is 4.71. The number of hydrogen-bond donors (Lipinski definition) is 1. The third-order valence-corrected chi connectivity index (χ3v) is 3.93. The van der Waals surface area contributed by atoms with Gasteiger partial charge in [-0.25, -0.2) is 0 Å². The predicted octanol–water partition coefficient (Wildman–Crippen LogP) is 2.27. The van der Waals surface area contributed by atoms with E-state index in [0.717, 1.165) is 44.6 Å². The Hall–Kier alpha value is -0.570. The molecule has 0 aromatic rings. The molecule has 0 unspecified atom stereocenters. The van der Waals surface area contributed by atoms with E-state index in [1.54, 1.807) is 7.05 Å². The molecule has 1 aliphatic heterocycles. The topological polar surface area (TPSA) is 63.2 Å². The molecule has 0 aliphatic carbocycles. The SMILES string of the molecule is CCOC(=O)CCCNC(=NC)N(C)CCC1CCOCC1.I. The lowest BCUT2D eigenvalue weighted by molar-refractivity contribution is -0.143. The highest BCUT2D eigenvalue weighted by atomic mass is 127. The summed E-state index contributed by atoms with van der Waals surface area (Å²) in [6, 6.07) is 0. The van der Waals surface area contributed by atoms with E-state index in [4.69, 9.17) is 9.47 Å². The van der Waals surface area contributed by atoms with Crippen LogP contribution in [0, 0.1) is 5.92 Å². The molecule has 1 rings (SSSR count). The molecule has 7 heteroatoms. The Morgan fingerprint density at radius 2 is 2.09 bits per heavy atom. The van der Waals surface area contributed by atoms with Gasteiger partial charge in [0.05, 0.1) is 6.61 Å². The third-order valence-electron chi connectivity index (χ3n) is 3.93. The highest BCUT2D eigenvalue weighted by molar-refractivity contribution is 14.0. The first-order valence-corrected chi connectivity index (χ1v) is 8.32. The van der Waals surface area contributed by atoms with Gasteiger partial charge in [0.1, 0.15) is 0 Å². The zero-order valence-electron chi connectivity index (χ0n) is 14.7. The minimum absolute atomic E-state index is 0. The van der Waals surface area contributed by atoms with E-state index < -0.39 is 0 Å². The first kappa shape index (κ1) is 22.4. The molecule has 1 heterocycles. The normalized spacial score (nSPS) is 15.7. The maximum atomic E-state index is 11.3. The number of guanidine groups is 1. The van der Waals surface area contributed by atoms with Gasteiger partial charge < -0.3 is 19.7 Å². The van der Waals surface area contributed by atoms with Gasteiger partial charge in [-0.3, -0.25) is 9.79 Å². The molecule has 136 valence electrons. The van der Waals surface area contributed by atoms with Crippen LogP contribution in [-0.4, -0.2) is 63.8 Å². The molecule has 1 saturated heterocycles. The Balaban J connectivity index is 0.00000484. The molecule has 0 radical (unpaired) electrons. The van der Waals surface area contributed by atoms with Crippen LogP contribution in [0.15, 0.2) is 4.99 Å². The lowest BCUT2D eigenvalue weighted by Crippen LogP contribution is -2.40. The van der Waals surface area contributed by atoms with Crippen LogP contribution in [0.4, 0.5) is 0 Å². The van der Waals surface area contributed by atoms with Crippen LogP contribution >= 0.6 is 24.0 Å². The van der Waals surface area contributed by atoms with Gasteiger partial charge in [0, 0.05) is 46.8 Å². The monoisotopic (exact) mass is 441 g/mol. The molecule has 0 aromatic carbocycles. The van der Waals surface area contributed by atoms with Gasteiger partial charge in [0.2, 0.25) is 0 Å². The Kier molecular flexibility index (Phi) is 13.5. The molecule has 0 spiro atoms. The number of halogens is 1. The van der Waals surface area contributed by atoms with E-state index in [1.165, 1.54) is 19.3 Å². The van der Waals surface area contributed by atoms with Crippen molar-refractivity contribution >= 4 is 35.9 Å². The predicted molar refractivity (Wildman–Crippen MR) is 103 cm³/mol. The van der Waals surface area contributed by atoms with Crippen molar-refractivity contribution in [1.82, 2.24) is 10.2 Å². The highest BCUT2D eigenvalue weighted by Gasteiger charge is 2.15. The molecule has 6 nitrogen and oxygen atoms in total. The van der Waals surface area contributed by atoms with Crippen LogP contribution < -0.4 is 5.32 Å². The van der Waals surface area contributed by atoms with Gasteiger partial charge in [0.25, 0.3) is 0 Å². The van der Waals surface area contributed by atoms with E-state index in [-0.39, 0.29) is 29.9 Å². The number of nitrogens with zero attached hydrogens (tertiary/aromatic N) is 2. The van der Waals surface area contributed by atoms with Gasteiger partial charge in [0.15, 0.2) is 5.96 Å². The lowest BCUT2D eigenvalue weighted by atomic mass is 9.96. The van der Waals surface area contributed by atoms with Gasteiger partial charge in [-0.2, -0.15) is 0 Å². The van der Waals surface area contributed by atoms with Crippen molar-refractivity contribution in [3.05, 3.63) is 0 Å². The molecule has 0 atom stereocenters. The number of rotatable bonds is 8. The van der Waals surface area contributed by atoms with Gasteiger partial charge in [-0.05, 0) is 38.5 Å². The van der Waals surface area contributed by atoms with Crippen molar-refractivity contribution in [2.24, 2.45) is 10.9 Å². The Morgan fingerprint density at radius 3 is 2.70 bits per heavy atom. The molecule has 1 N–H and O–H groups in total. The second-order valence-electron chi connectivity index (χ2n) is 5.65. The second kappa shape index (κ2) is 13.8. The van der Waals surface area contributed by atoms with Crippen molar-refractivity contribution in [1.29, 1.82) is 0 Å². The van der Waals surface area contributed by atoms with Crippen LogP contribution in [0.25, 0.3) is 0 Å². The summed E-state index contributed by atoms with van der Waals surface area (Å²) in [6.45, 7) is 5.79. The smallest absolute Gasteiger partial charge is 0.305 e. The number of ether oxygens (including phenoxy) is 2. The Labute approximate surface area is 157 Å². The molecule has 1 aliphatic rings. The quantitative estimate of drug-likeness (QED) is 0.206. The summed E-state index contributed by atoms with van der Waals surface area (Å²) >= 11 is 0. The number of esters is 1. The molecule has 0 saturated carbocycles. The number of carbonyl (C=O) groups is 1. The van der Waals surface area contributed by atoms with E-state index in [1.807, 2.05) is 6.92 Å². The van der Waals surface area contributed by atoms with E-state index in [0.29, 0.717) is 13.0 Å². The molecule has 1 fully saturated rings. The summed E-state index contributed by atoms with van der Waals surface area (Å²) in [5, 5.41) is 3.30. The third kappa shape index (κ3) is 10.0. The van der Waals surface area contributed by atoms with E-state index in [2.05, 4.69) is 22.3 Å². The number of hydrogen-bond acceptors (Lipinski definition) is 4. The van der Waals surface area contributed by atoms with Crippen LogP contribution in [0.1, 0.15) is 39.0 Å². The molecule has 0 bridgehead atoms. The number of aliphatic imine (C=N–C) groups is 1. The summed E-state index contributed by atoms with van der Waals surface area (Å²) in [5.74, 6) is 1.51. The van der Waals surface area contributed by atoms with Crippen LogP contribution in [0.3, 0.4) is 0 Å². The maximum absolute atomic E-state index is 11.3. The summed E-state index contributed by atoms with van der Waals surface area (Å²) in [4.78, 5) is 17.7. The highest BCUT2D eigenvalue weighted by Crippen LogP contribution is 2.18. The fraction of sp³-hybridized carbons (Fsp3) is 0.875. The van der Waals surface area contributed by atoms with Crippen molar-refractivity contribution in [3.8, 4) is 0 Å². The minimum Gasteiger partial charge on any atom is -0.466 e. The van der Waals surface area contributed by atoms with Crippen molar-refractivity contribution in [3.63, 3.8) is 0 Å². The Morgan fingerprint density at radius 1 is 1.39 bits per heavy atom. The molecular weight excluding hydrogens is 409 g/mol. The first-order chi connectivity index (χ1) is 10.7. The Bertz CT molecular complexity index is 347. The zero-order valence-corrected chi connectivity index (χ0v) is 17.0. The number of carbonyl (C=O) groups excluding carboxylic acids is 1. The second-order valence-corrected chi connectivity index (χ2v) is 5.65. The fourth-order valence-electron chi connectivity index (χ4n) is 2.57. The van der Waals surface area contributed by atoms with Crippen molar-refractivity contribution in [2.75, 3.05) is 47.0 Å². The van der Waals surface area contributed by atoms with Gasteiger partial charge >= 0.3 is 5.97 Å². The van der Waals surface area contributed by atoms with E-state index in [9.17, 15) is 4.79 Å². The van der Waals surface area contributed by atoms with Gasteiger partial charge in [-0.1, -0.05) is 0 Å². The standard InChI is InChI=1S/C16H31N3O3.HI/c1-4-22-15(20)6-5-10-18-16(17-2)19(3)11-7-14-8-12-21-13-9-14;/h14H,4-13H2,1-3H3,(H,17,18);1H. The van der Waals surface area contributed by atoms with E-state index >= 15 is 0 Å². The fourth-order valence-corrected chi connectivity index (χ4v) is 2.57. The van der Waals surface area contributed by atoms with Crippen LogP contribution in [0.2, 0.25) is 0 Å². The van der Waals surface area contributed by atoms with Gasteiger partial charge in [-0.15, -0.1) is 24.0 Å². The summed E-state index contributed by atoms with van der Waals surface area (Å²) < 4.78 is 10.3. The largest absolute Gasteiger partial charge is 0.466 e. The molecule has 0 aromatic heterocycles. The zero-order chi connectivity index (χ0) is 16.2. The van der Waals surface area contributed by atoms with Crippen molar-refractivity contribution in [2.45, 2.75) is 39.0 Å². The van der Waals surface area contributed by atoms with Crippen LogP contribution in [0.5, 0.6) is 0 Å². The molecule has 23 heavy (non-hydrogen) atoms.